The molecule has 1 atom stereocenters. The smallest absolute Gasteiger partial charge is 0.351 e. The highest BCUT2D eigenvalue weighted by atomic mass is 35.5. The van der Waals surface area contributed by atoms with Crippen LogP contribution in [0.2, 0.25) is 5.15 Å². The van der Waals surface area contributed by atoms with Crippen LogP contribution in [0.1, 0.15) is 22.5 Å². The molecule has 0 aromatic carbocycles. The van der Waals surface area contributed by atoms with Crippen LogP contribution in [0.25, 0.3) is 0 Å². The molecule has 2 aromatic rings. The van der Waals surface area contributed by atoms with Crippen molar-refractivity contribution in [2.24, 2.45) is 5.92 Å². The molecule has 0 N–H and O–H groups in total. The van der Waals surface area contributed by atoms with Gasteiger partial charge in [-0.15, -0.1) is 0 Å². The standard InChI is InChI=1S/C20H26ClN5O2S/c1-28-19(27)17-18(21)23-20(29-17)26-8-4-5-15(14-26)13-24-9-11-25(12-10-24)16-6-2-3-7-22-16/h2-3,6-7,15H,4-5,8-14H2,1H3. The van der Waals surface area contributed by atoms with Gasteiger partial charge in [0.2, 0.25) is 0 Å². The minimum Gasteiger partial charge on any atom is -0.465 e. The number of aromatic nitrogens is 2. The number of anilines is 2. The Balaban J connectivity index is 1.31. The average Bonchev–Trinajstić information content (AvgIpc) is 3.16. The second-order valence-corrected chi connectivity index (χ2v) is 8.87. The quantitative estimate of drug-likeness (QED) is 0.669. The molecular weight excluding hydrogens is 410 g/mol. The third-order valence-electron chi connectivity index (χ3n) is 5.60. The summed E-state index contributed by atoms with van der Waals surface area (Å²) >= 11 is 7.47. The van der Waals surface area contributed by atoms with Crippen LogP contribution in [-0.4, -0.2) is 73.8 Å². The van der Waals surface area contributed by atoms with Crippen LogP contribution in [0.15, 0.2) is 24.4 Å². The summed E-state index contributed by atoms with van der Waals surface area (Å²) in [4.78, 5) is 28.3. The predicted octanol–water partition coefficient (Wildman–Crippen LogP) is 3.02. The Morgan fingerprint density at radius 1 is 1.24 bits per heavy atom. The van der Waals surface area contributed by atoms with Gasteiger partial charge in [-0.3, -0.25) is 4.90 Å². The largest absolute Gasteiger partial charge is 0.465 e. The first-order valence-corrected chi connectivity index (χ1v) is 11.2. The van der Waals surface area contributed by atoms with E-state index in [9.17, 15) is 4.79 Å². The second kappa shape index (κ2) is 9.28. The summed E-state index contributed by atoms with van der Waals surface area (Å²) in [6.07, 6.45) is 4.21. The van der Waals surface area contributed by atoms with Crippen LogP contribution in [0.5, 0.6) is 0 Å². The average molecular weight is 436 g/mol. The number of ether oxygens (including phenoxy) is 1. The molecule has 9 heteroatoms. The van der Waals surface area contributed by atoms with Gasteiger partial charge in [0.25, 0.3) is 0 Å². The molecule has 2 aliphatic rings. The molecule has 0 aliphatic carbocycles. The number of pyridine rings is 1. The van der Waals surface area contributed by atoms with Crippen molar-refractivity contribution >= 4 is 39.9 Å². The Hall–Kier alpha value is -1.90. The molecule has 0 bridgehead atoms. The molecule has 4 rings (SSSR count). The van der Waals surface area contributed by atoms with E-state index in [0.29, 0.717) is 10.8 Å². The number of piperidine rings is 1. The highest BCUT2D eigenvalue weighted by Crippen LogP contribution is 2.33. The van der Waals surface area contributed by atoms with Crippen molar-refractivity contribution in [1.82, 2.24) is 14.9 Å². The topological polar surface area (TPSA) is 61.8 Å². The van der Waals surface area contributed by atoms with E-state index in [0.717, 1.165) is 63.2 Å². The Bertz CT molecular complexity index is 826. The molecule has 29 heavy (non-hydrogen) atoms. The van der Waals surface area contributed by atoms with E-state index in [-0.39, 0.29) is 5.15 Å². The number of halogens is 1. The molecule has 0 amide bonds. The lowest BCUT2D eigenvalue weighted by atomic mass is 9.97. The Morgan fingerprint density at radius 2 is 2.07 bits per heavy atom. The zero-order chi connectivity index (χ0) is 20.2. The van der Waals surface area contributed by atoms with E-state index in [1.807, 2.05) is 18.3 Å². The highest BCUT2D eigenvalue weighted by Gasteiger charge is 2.27. The van der Waals surface area contributed by atoms with Crippen LogP contribution in [0.3, 0.4) is 0 Å². The van der Waals surface area contributed by atoms with E-state index in [1.165, 1.54) is 24.9 Å². The minimum absolute atomic E-state index is 0.240. The summed E-state index contributed by atoms with van der Waals surface area (Å²) in [7, 11) is 1.36. The third-order valence-corrected chi connectivity index (χ3v) is 7.08. The summed E-state index contributed by atoms with van der Waals surface area (Å²) in [5.41, 5.74) is 0. The second-order valence-electron chi connectivity index (χ2n) is 7.54. The maximum atomic E-state index is 11.8. The molecule has 7 nitrogen and oxygen atoms in total. The Morgan fingerprint density at radius 3 is 2.79 bits per heavy atom. The summed E-state index contributed by atoms with van der Waals surface area (Å²) in [6.45, 7) is 7.14. The predicted molar refractivity (Wildman–Crippen MR) is 116 cm³/mol. The molecule has 0 spiro atoms. The summed E-state index contributed by atoms with van der Waals surface area (Å²) in [6, 6.07) is 6.08. The molecule has 1 unspecified atom stereocenters. The fraction of sp³-hybridized carbons (Fsp3) is 0.550. The maximum absolute atomic E-state index is 11.8. The van der Waals surface area contributed by atoms with E-state index in [2.05, 4.69) is 30.7 Å². The first kappa shape index (κ1) is 20.4. The minimum atomic E-state index is -0.418. The lowest BCUT2D eigenvalue weighted by molar-refractivity contribution is 0.0606. The van der Waals surface area contributed by atoms with Crippen LogP contribution >= 0.6 is 22.9 Å². The normalized spacial score (nSPS) is 20.7. The highest BCUT2D eigenvalue weighted by molar-refractivity contribution is 7.18. The van der Waals surface area contributed by atoms with Crippen molar-refractivity contribution in [3.8, 4) is 0 Å². The molecule has 2 saturated heterocycles. The van der Waals surface area contributed by atoms with Gasteiger partial charge >= 0.3 is 5.97 Å². The van der Waals surface area contributed by atoms with Crippen LogP contribution in [0, 0.1) is 5.92 Å². The van der Waals surface area contributed by atoms with Crippen molar-refractivity contribution in [3.63, 3.8) is 0 Å². The lowest BCUT2D eigenvalue weighted by Gasteiger charge is -2.39. The van der Waals surface area contributed by atoms with E-state index in [1.54, 1.807) is 0 Å². The first-order valence-electron chi connectivity index (χ1n) is 10.0. The number of methoxy groups -OCH3 is 1. The Labute approximate surface area is 180 Å². The molecule has 0 saturated carbocycles. The van der Waals surface area contributed by atoms with Crippen molar-refractivity contribution < 1.29 is 9.53 Å². The van der Waals surface area contributed by atoms with Gasteiger partial charge in [-0.1, -0.05) is 29.0 Å². The molecule has 2 aliphatic heterocycles. The molecular formula is C20H26ClN5O2S. The van der Waals surface area contributed by atoms with Gasteiger partial charge in [0.1, 0.15) is 5.82 Å². The van der Waals surface area contributed by atoms with E-state index >= 15 is 0 Å². The SMILES string of the molecule is COC(=O)c1sc(N2CCCC(CN3CCN(c4ccccn4)CC3)C2)nc1Cl. The van der Waals surface area contributed by atoms with Gasteiger partial charge in [0.05, 0.1) is 7.11 Å². The Kier molecular flexibility index (Phi) is 6.52. The number of piperazine rings is 1. The molecule has 0 radical (unpaired) electrons. The van der Waals surface area contributed by atoms with Gasteiger partial charge in [-0.2, -0.15) is 0 Å². The number of carbonyl (C=O) groups excluding carboxylic acids is 1. The molecule has 4 heterocycles. The van der Waals surface area contributed by atoms with Crippen molar-refractivity contribution in [1.29, 1.82) is 0 Å². The van der Waals surface area contributed by atoms with Gasteiger partial charge in [0.15, 0.2) is 15.2 Å². The lowest BCUT2D eigenvalue weighted by Crippen LogP contribution is -2.49. The fourth-order valence-electron chi connectivity index (χ4n) is 4.10. The maximum Gasteiger partial charge on any atom is 0.351 e. The number of esters is 1. The van der Waals surface area contributed by atoms with Crippen LogP contribution in [0.4, 0.5) is 10.9 Å². The van der Waals surface area contributed by atoms with Crippen LogP contribution < -0.4 is 9.80 Å². The summed E-state index contributed by atoms with van der Waals surface area (Å²) < 4.78 is 4.79. The van der Waals surface area contributed by atoms with Gasteiger partial charge in [-0.05, 0) is 30.9 Å². The van der Waals surface area contributed by atoms with Gasteiger partial charge in [0, 0.05) is 52.0 Å². The van der Waals surface area contributed by atoms with Crippen molar-refractivity contribution in [2.75, 3.05) is 62.7 Å². The molecule has 2 aromatic heterocycles. The number of nitrogens with zero attached hydrogens (tertiary/aromatic N) is 5. The van der Waals surface area contributed by atoms with E-state index < -0.39 is 5.97 Å². The fourth-order valence-corrected chi connectivity index (χ4v) is 5.33. The van der Waals surface area contributed by atoms with Gasteiger partial charge < -0.3 is 14.5 Å². The van der Waals surface area contributed by atoms with E-state index in [4.69, 9.17) is 16.3 Å². The number of rotatable bonds is 5. The first-order chi connectivity index (χ1) is 14.1. The molecule has 156 valence electrons. The number of thiazole rings is 1. The number of hydrogen-bond donors (Lipinski definition) is 0. The van der Waals surface area contributed by atoms with Crippen molar-refractivity contribution in [3.05, 3.63) is 34.4 Å². The van der Waals surface area contributed by atoms with Gasteiger partial charge in [-0.25, -0.2) is 14.8 Å². The number of hydrogen-bond acceptors (Lipinski definition) is 8. The summed E-state index contributed by atoms with van der Waals surface area (Å²) in [5.74, 6) is 1.24. The summed E-state index contributed by atoms with van der Waals surface area (Å²) in [5, 5.41) is 1.06. The zero-order valence-electron chi connectivity index (χ0n) is 16.6. The van der Waals surface area contributed by atoms with Crippen LogP contribution in [-0.2, 0) is 4.74 Å². The zero-order valence-corrected chi connectivity index (χ0v) is 18.2. The monoisotopic (exact) mass is 435 g/mol. The molecule has 2 fully saturated rings. The third kappa shape index (κ3) is 4.82. The van der Waals surface area contributed by atoms with Crippen molar-refractivity contribution in [2.45, 2.75) is 12.8 Å². The number of carbonyl (C=O) groups is 1.